The van der Waals surface area contributed by atoms with E-state index in [9.17, 15) is 18.0 Å². The average Bonchev–Trinajstić information content (AvgIpc) is 2.85. The summed E-state index contributed by atoms with van der Waals surface area (Å²) in [5, 5.41) is 1.77. The number of thiophene rings is 1. The first-order valence-corrected chi connectivity index (χ1v) is 6.82. The number of nitrogens with two attached hydrogens (primary N) is 1. The SMILES string of the molecule is NCC#Cc1csc(Cn2cc(C(F)(F)F)ccc2=O)c1. The fraction of sp³-hybridized carbons (Fsp3) is 0.214. The van der Waals surface area contributed by atoms with Gasteiger partial charge in [-0.3, -0.25) is 4.79 Å². The highest BCUT2D eigenvalue weighted by Crippen LogP contribution is 2.28. The van der Waals surface area contributed by atoms with Crippen LogP contribution in [-0.4, -0.2) is 11.1 Å². The normalized spacial score (nSPS) is 11.0. The Balaban J connectivity index is 2.27. The highest BCUT2D eigenvalue weighted by atomic mass is 32.1. The fourth-order valence-electron chi connectivity index (χ4n) is 1.67. The number of hydrogen-bond acceptors (Lipinski definition) is 3. The molecule has 0 bridgehead atoms. The first-order valence-electron chi connectivity index (χ1n) is 5.94. The summed E-state index contributed by atoms with van der Waals surface area (Å²) in [4.78, 5) is 12.4. The number of rotatable bonds is 2. The predicted molar refractivity (Wildman–Crippen MR) is 75.1 cm³/mol. The lowest BCUT2D eigenvalue weighted by molar-refractivity contribution is -0.138. The Hall–Kier alpha value is -2.04. The van der Waals surface area contributed by atoms with Crippen LogP contribution in [0.25, 0.3) is 0 Å². The second-order valence-electron chi connectivity index (χ2n) is 4.19. The second-order valence-corrected chi connectivity index (χ2v) is 5.19. The van der Waals surface area contributed by atoms with Gasteiger partial charge in [0.05, 0.1) is 18.7 Å². The van der Waals surface area contributed by atoms with Gasteiger partial charge < -0.3 is 10.3 Å². The molecule has 0 aliphatic heterocycles. The predicted octanol–water partition coefficient (Wildman–Crippen LogP) is 2.29. The highest BCUT2D eigenvalue weighted by molar-refractivity contribution is 7.10. The molecule has 0 amide bonds. The maximum atomic E-state index is 12.6. The molecule has 0 saturated carbocycles. The van der Waals surface area contributed by atoms with Crippen LogP contribution in [0.1, 0.15) is 16.0 Å². The van der Waals surface area contributed by atoms with E-state index in [1.807, 2.05) is 0 Å². The lowest BCUT2D eigenvalue weighted by Gasteiger charge is -2.09. The number of pyridine rings is 1. The van der Waals surface area contributed by atoms with Crippen LogP contribution in [0.5, 0.6) is 0 Å². The molecule has 0 radical (unpaired) electrons. The Morgan fingerprint density at radius 2 is 2.10 bits per heavy atom. The van der Waals surface area contributed by atoms with Crippen LogP contribution in [0.15, 0.2) is 34.6 Å². The zero-order valence-corrected chi connectivity index (χ0v) is 11.6. The molecule has 110 valence electrons. The molecule has 2 aromatic heterocycles. The summed E-state index contributed by atoms with van der Waals surface area (Å²) in [5.74, 6) is 5.52. The van der Waals surface area contributed by atoms with Gasteiger partial charge in [0.1, 0.15) is 0 Å². The molecule has 7 heteroatoms. The molecule has 0 unspecified atom stereocenters. The van der Waals surface area contributed by atoms with E-state index in [-0.39, 0.29) is 13.1 Å². The van der Waals surface area contributed by atoms with Gasteiger partial charge in [-0.05, 0) is 12.1 Å². The molecule has 2 rings (SSSR count). The van der Waals surface area contributed by atoms with Crippen molar-refractivity contribution in [1.82, 2.24) is 4.57 Å². The third-order valence-corrected chi connectivity index (χ3v) is 3.55. The highest BCUT2D eigenvalue weighted by Gasteiger charge is 2.31. The number of halogens is 3. The molecule has 2 N–H and O–H groups in total. The first-order chi connectivity index (χ1) is 9.90. The van der Waals surface area contributed by atoms with E-state index in [2.05, 4.69) is 11.8 Å². The number of nitrogens with zero attached hydrogens (tertiary/aromatic N) is 1. The zero-order valence-electron chi connectivity index (χ0n) is 10.8. The molecule has 0 atom stereocenters. The van der Waals surface area contributed by atoms with Gasteiger partial charge in [-0.1, -0.05) is 11.8 Å². The quantitative estimate of drug-likeness (QED) is 0.865. The van der Waals surface area contributed by atoms with E-state index in [1.54, 1.807) is 11.4 Å². The van der Waals surface area contributed by atoms with Crippen molar-refractivity contribution in [3.63, 3.8) is 0 Å². The van der Waals surface area contributed by atoms with Gasteiger partial charge in [-0.15, -0.1) is 11.3 Å². The Morgan fingerprint density at radius 1 is 1.33 bits per heavy atom. The van der Waals surface area contributed by atoms with Crippen molar-refractivity contribution in [2.24, 2.45) is 5.73 Å². The van der Waals surface area contributed by atoms with Crippen LogP contribution < -0.4 is 11.3 Å². The Bertz CT molecular complexity index is 750. The van der Waals surface area contributed by atoms with Crippen LogP contribution in [-0.2, 0) is 12.7 Å². The molecule has 21 heavy (non-hydrogen) atoms. The molecule has 3 nitrogen and oxygen atoms in total. The van der Waals surface area contributed by atoms with E-state index >= 15 is 0 Å². The molecule has 0 aromatic carbocycles. The summed E-state index contributed by atoms with van der Waals surface area (Å²) < 4.78 is 39.0. The molecular formula is C14H11F3N2OS. The average molecular weight is 312 g/mol. The molecule has 0 aliphatic carbocycles. The van der Waals surface area contributed by atoms with Crippen LogP contribution >= 0.6 is 11.3 Å². The van der Waals surface area contributed by atoms with Crippen molar-refractivity contribution in [3.8, 4) is 11.8 Å². The molecule has 0 spiro atoms. The maximum Gasteiger partial charge on any atom is 0.417 e. The van der Waals surface area contributed by atoms with Gasteiger partial charge >= 0.3 is 6.18 Å². The summed E-state index contributed by atoms with van der Waals surface area (Å²) in [6, 6.07) is 3.44. The Labute approximate surface area is 122 Å². The maximum absolute atomic E-state index is 12.6. The van der Waals surface area contributed by atoms with Gasteiger partial charge in [0.25, 0.3) is 5.56 Å². The molecular weight excluding hydrogens is 301 g/mol. The van der Waals surface area contributed by atoms with Gasteiger partial charge in [0, 0.05) is 28.1 Å². The minimum Gasteiger partial charge on any atom is -0.320 e. The minimum absolute atomic E-state index is 0.0811. The van der Waals surface area contributed by atoms with Crippen molar-refractivity contribution in [2.45, 2.75) is 12.7 Å². The molecule has 0 aliphatic rings. The standard InChI is InChI=1S/C14H11F3N2OS/c15-14(16,17)11-3-4-13(20)19(7-11)8-12-6-10(9-21-12)2-1-5-18/h3-4,6-7,9H,5,8,18H2. The fourth-order valence-corrected chi connectivity index (χ4v) is 2.49. The van der Waals surface area contributed by atoms with E-state index in [4.69, 9.17) is 5.73 Å². The van der Waals surface area contributed by atoms with E-state index in [0.717, 1.165) is 33.3 Å². The van der Waals surface area contributed by atoms with Crippen molar-refractivity contribution in [2.75, 3.05) is 6.54 Å². The van der Waals surface area contributed by atoms with Gasteiger partial charge in [-0.2, -0.15) is 13.2 Å². The van der Waals surface area contributed by atoms with Crippen LogP contribution in [0.3, 0.4) is 0 Å². The van der Waals surface area contributed by atoms with Gasteiger partial charge in [0.2, 0.25) is 0 Å². The summed E-state index contributed by atoms with van der Waals surface area (Å²) in [6.45, 7) is 0.315. The minimum atomic E-state index is -4.47. The van der Waals surface area contributed by atoms with E-state index in [1.165, 1.54) is 11.3 Å². The molecule has 0 saturated heterocycles. The largest absolute Gasteiger partial charge is 0.417 e. The van der Waals surface area contributed by atoms with Gasteiger partial charge in [0.15, 0.2) is 0 Å². The third kappa shape index (κ3) is 3.97. The second kappa shape index (κ2) is 6.16. The first kappa shape index (κ1) is 15.4. The number of hydrogen-bond donors (Lipinski definition) is 1. The molecule has 2 aromatic rings. The monoisotopic (exact) mass is 312 g/mol. The van der Waals surface area contributed by atoms with Gasteiger partial charge in [-0.25, -0.2) is 0 Å². The van der Waals surface area contributed by atoms with Crippen molar-refractivity contribution in [3.05, 3.63) is 56.1 Å². The molecule has 2 heterocycles. The van der Waals surface area contributed by atoms with Crippen LogP contribution in [0, 0.1) is 11.8 Å². The lowest BCUT2D eigenvalue weighted by Crippen LogP contribution is -2.21. The summed E-state index contributed by atoms with van der Waals surface area (Å²) >= 11 is 1.33. The van der Waals surface area contributed by atoms with Crippen molar-refractivity contribution in [1.29, 1.82) is 0 Å². The van der Waals surface area contributed by atoms with Crippen molar-refractivity contribution >= 4 is 11.3 Å². The topological polar surface area (TPSA) is 48.0 Å². The number of aromatic nitrogens is 1. The Morgan fingerprint density at radius 3 is 2.76 bits per heavy atom. The Kier molecular flexibility index (Phi) is 4.50. The lowest BCUT2D eigenvalue weighted by atomic mass is 10.2. The zero-order chi connectivity index (χ0) is 15.5. The smallest absolute Gasteiger partial charge is 0.320 e. The summed E-state index contributed by atoms with van der Waals surface area (Å²) in [6.07, 6.45) is -3.64. The number of alkyl halides is 3. The summed E-state index contributed by atoms with van der Waals surface area (Å²) in [7, 11) is 0. The van der Waals surface area contributed by atoms with E-state index in [0.29, 0.717) is 0 Å². The third-order valence-electron chi connectivity index (χ3n) is 2.63. The van der Waals surface area contributed by atoms with Crippen LogP contribution in [0.4, 0.5) is 13.2 Å². The van der Waals surface area contributed by atoms with Crippen LogP contribution in [0.2, 0.25) is 0 Å². The summed E-state index contributed by atoms with van der Waals surface area (Å²) in [5.41, 5.74) is 4.67. The molecule has 0 fully saturated rings. The van der Waals surface area contributed by atoms with Crippen molar-refractivity contribution < 1.29 is 13.2 Å². The van der Waals surface area contributed by atoms with E-state index < -0.39 is 17.3 Å².